The van der Waals surface area contributed by atoms with Gasteiger partial charge in [0.25, 0.3) is 11.8 Å². The number of aryl methyl sites for hydroxylation is 1. The zero-order chi connectivity index (χ0) is 29.4. The van der Waals surface area contributed by atoms with Gasteiger partial charge in [0.15, 0.2) is 17.0 Å². The van der Waals surface area contributed by atoms with Crippen molar-refractivity contribution in [3.8, 4) is 11.3 Å². The minimum absolute atomic E-state index is 0.0223. The van der Waals surface area contributed by atoms with Crippen LogP contribution in [0.25, 0.3) is 16.9 Å². The van der Waals surface area contributed by atoms with Crippen molar-refractivity contribution in [2.45, 2.75) is 39.4 Å². The first kappa shape index (κ1) is 28.6. The van der Waals surface area contributed by atoms with Gasteiger partial charge in [-0.25, -0.2) is 13.9 Å². The third-order valence-electron chi connectivity index (χ3n) is 5.70. The summed E-state index contributed by atoms with van der Waals surface area (Å²) in [6.45, 7) is 6.17. The number of amides is 2. The van der Waals surface area contributed by atoms with Crippen LogP contribution in [-0.4, -0.2) is 48.9 Å². The molecule has 2 amide bonds. The zero-order valence-electron chi connectivity index (χ0n) is 21.4. The van der Waals surface area contributed by atoms with E-state index in [1.54, 1.807) is 6.92 Å². The van der Waals surface area contributed by atoms with Gasteiger partial charge in [-0.2, -0.15) is 32.1 Å². The number of fused-ring (bicyclic) bond motifs is 1. The first-order chi connectivity index (χ1) is 18.7. The molecule has 3 heterocycles. The predicted octanol–water partition coefficient (Wildman–Crippen LogP) is 5.04. The Morgan fingerprint density at radius 2 is 1.68 bits per heavy atom. The molecule has 15 heteroatoms. The summed E-state index contributed by atoms with van der Waals surface area (Å²) in [5, 5.41) is 12.9. The molecule has 0 bridgehead atoms. The van der Waals surface area contributed by atoms with Gasteiger partial charge in [-0.3, -0.25) is 14.3 Å². The second kappa shape index (κ2) is 10.6. The van der Waals surface area contributed by atoms with Crippen LogP contribution in [0.5, 0.6) is 0 Å². The highest BCUT2D eigenvalue weighted by atomic mass is 19.4. The fourth-order valence-corrected chi connectivity index (χ4v) is 3.63. The van der Waals surface area contributed by atoms with Crippen molar-refractivity contribution in [2.24, 2.45) is 5.92 Å². The first-order valence-corrected chi connectivity index (χ1v) is 12.0. The molecule has 1 aromatic carbocycles. The van der Waals surface area contributed by atoms with E-state index in [-0.39, 0.29) is 33.1 Å². The molecule has 0 saturated carbocycles. The van der Waals surface area contributed by atoms with Crippen molar-refractivity contribution >= 4 is 23.1 Å². The van der Waals surface area contributed by atoms with E-state index in [1.807, 2.05) is 13.8 Å². The minimum atomic E-state index is -6.00. The number of carbonyl (C=O) groups excluding carboxylic acids is 2. The first-order valence-electron chi connectivity index (χ1n) is 12.0. The number of benzene rings is 1. The number of anilines is 1. The van der Waals surface area contributed by atoms with Crippen LogP contribution in [0.15, 0.2) is 42.6 Å². The van der Waals surface area contributed by atoms with Crippen molar-refractivity contribution in [1.82, 2.24) is 29.7 Å². The number of aromatic nitrogens is 5. The molecule has 9 nitrogen and oxygen atoms in total. The second-order valence-electron chi connectivity index (χ2n) is 9.21. The molecule has 212 valence electrons. The molecule has 2 N–H and O–H groups in total. The lowest BCUT2D eigenvalue weighted by atomic mass is 10.1. The van der Waals surface area contributed by atoms with Crippen molar-refractivity contribution in [3.05, 3.63) is 65.5 Å². The van der Waals surface area contributed by atoms with Gasteiger partial charge in [-0.15, -0.1) is 0 Å². The summed E-state index contributed by atoms with van der Waals surface area (Å²) >= 11 is 0. The third-order valence-corrected chi connectivity index (χ3v) is 5.70. The second-order valence-corrected chi connectivity index (χ2v) is 9.21. The highest BCUT2D eigenvalue weighted by Crippen LogP contribution is 2.44. The van der Waals surface area contributed by atoms with Gasteiger partial charge in [0.1, 0.15) is 11.5 Å². The molecule has 0 unspecified atom stereocenters. The van der Waals surface area contributed by atoms with Gasteiger partial charge in [-0.05, 0) is 43.2 Å². The third kappa shape index (κ3) is 5.62. The Balaban J connectivity index is 1.77. The number of carbonyl (C=O) groups is 2. The largest absolute Gasteiger partial charge is 0.459 e. The summed E-state index contributed by atoms with van der Waals surface area (Å²) in [5.74, 6) is -7.50. The maximum Gasteiger partial charge on any atom is 0.459 e. The lowest BCUT2D eigenvalue weighted by Gasteiger charge is -2.21. The van der Waals surface area contributed by atoms with E-state index in [4.69, 9.17) is 0 Å². The molecule has 0 aliphatic carbocycles. The average Bonchev–Trinajstić information content (AvgIpc) is 3.50. The summed E-state index contributed by atoms with van der Waals surface area (Å²) in [7, 11) is 0. The fraction of sp³-hybridized carbons (Fsp3) is 0.320. The Kier molecular flexibility index (Phi) is 7.59. The topological polar surface area (TPSA) is 106 Å². The average molecular weight is 567 g/mol. The van der Waals surface area contributed by atoms with E-state index < -0.39 is 46.8 Å². The fourth-order valence-electron chi connectivity index (χ4n) is 3.63. The molecule has 0 spiro atoms. The molecular formula is C25H23F6N7O2. The maximum absolute atomic E-state index is 14.6. The van der Waals surface area contributed by atoms with Crippen LogP contribution >= 0.6 is 0 Å². The Morgan fingerprint density at radius 3 is 2.27 bits per heavy atom. The summed E-state index contributed by atoms with van der Waals surface area (Å²) < 4.78 is 84.2. The predicted molar refractivity (Wildman–Crippen MR) is 131 cm³/mol. The van der Waals surface area contributed by atoms with E-state index in [1.165, 1.54) is 10.9 Å². The van der Waals surface area contributed by atoms with E-state index in [9.17, 15) is 35.9 Å². The Morgan fingerprint density at radius 1 is 1.00 bits per heavy atom. The number of hydrogen-bond donors (Lipinski definition) is 2. The number of nitrogens with zero attached hydrogens (tertiary/aromatic N) is 5. The highest BCUT2D eigenvalue weighted by molar-refractivity contribution is 6.07. The molecule has 0 atom stereocenters. The summed E-state index contributed by atoms with van der Waals surface area (Å²) in [6, 6.07) is 5.69. The monoisotopic (exact) mass is 567 g/mol. The molecule has 3 aromatic heterocycles. The summed E-state index contributed by atoms with van der Waals surface area (Å²) in [4.78, 5) is 29.7. The SMILES string of the molecule is CCn1cc(NC(=O)c2cc3nc(-c4ccc(F)cc4)cc(C(F)(F)C(F)(F)F)n3n2)c(C(=O)NCC(C)C)n1. The Hall–Kier alpha value is -4.43. The number of rotatable bonds is 8. The van der Waals surface area contributed by atoms with Crippen molar-refractivity contribution in [1.29, 1.82) is 0 Å². The molecular weight excluding hydrogens is 544 g/mol. The van der Waals surface area contributed by atoms with Gasteiger partial charge in [0.05, 0.1) is 11.4 Å². The van der Waals surface area contributed by atoms with Gasteiger partial charge in [0.2, 0.25) is 0 Å². The molecule has 0 aliphatic heterocycles. The number of nitrogens with one attached hydrogen (secondary N) is 2. The van der Waals surface area contributed by atoms with Crippen molar-refractivity contribution in [3.63, 3.8) is 0 Å². The molecule has 0 aliphatic rings. The molecule has 0 radical (unpaired) electrons. The lowest BCUT2D eigenvalue weighted by molar-refractivity contribution is -0.291. The van der Waals surface area contributed by atoms with Crippen molar-refractivity contribution in [2.75, 3.05) is 11.9 Å². The van der Waals surface area contributed by atoms with Crippen LogP contribution in [-0.2, 0) is 12.5 Å². The van der Waals surface area contributed by atoms with Crippen LogP contribution in [0, 0.1) is 11.7 Å². The normalized spacial score (nSPS) is 12.2. The van der Waals surface area contributed by atoms with Crippen LogP contribution in [0.2, 0.25) is 0 Å². The molecule has 0 fully saturated rings. The van der Waals surface area contributed by atoms with Gasteiger partial charge in [0, 0.05) is 30.9 Å². The smallest absolute Gasteiger partial charge is 0.350 e. The molecule has 4 rings (SSSR count). The number of halogens is 6. The van der Waals surface area contributed by atoms with Crippen LogP contribution in [0.3, 0.4) is 0 Å². The molecule has 0 saturated heterocycles. The standard InChI is InChI=1S/C25H23F6N7O2/c1-4-37-12-18(21(36-37)23(40)32-11-13(2)3)34-22(39)17-10-20-33-16(14-5-7-15(26)8-6-14)9-19(38(20)35-17)24(27,28)25(29,30)31/h5-10,12-13H,4,11H2,1-3H3,(H,32,40)(H,34,39). The molecule has 40 heavy (non-hydrogen) atoms. The summed E-state index contributed by atoms with van der Waals surface area (Å²) in [6.07, 6.45) is -4.63. The van der Waals surface area contributed by atoms with Crippen LogP contribution in [0.4, 0.5) is 32.0 Å². The van der Waals surface area contributed by atoms with Gasteiger partial charge >= 0.3 is 12.1 Å². The zero-order valence-corrected chi connectivity index (χ0v) is 21.4. The van der Waals surface area contributed by atoms with Gasteiger partial charge < -0.3 is 10.6 Å². The van der Waals surface area contributed by atoms with E-state index in [0.29, 0.717) is 19.2 Å². The van der Waals surface area contributed by atoms with Crippen LogP contribution < -0.4 is 10.6 Å². The Labute approximate surface area is 223 Å². The van der Waals surface area contributed by atoms with Crippen molar-refractivity contribution < 1.29 is 35.9 Å². The Bertz CT molecular complexity index is 1560. The minimum Gasteiger partial charge on any atom is -0.350 e. The van der Waals surface area contributed by atoms with Gasteiger partial charge in [-0.1, -0.05) is 13.8 Å². The number of alkyl halides is 5. The van der Waals surface area contributed by atoms with E-state index >= 15 is 0 Å². The maximum atomic E-state index is 14.6. The van der Waals surface area contributed by atoms with Crippen LogP contribution in [0.1, 0.15) is 47.4 Å². The summed E-state index contributed by atoms with van der Waals surface area (Å²) in [5.41, 5.74) is -3.07. The highest BCUT2D eigenvalue weighted by Gasteiger charge is 2.60. The quantitative estimate of drug-likeness (QED) is 0.290. The molecule has 4 aromatic rings. The number of hydrogen-bond acceptors (Lipinski definition) is 5. The lowest BCUT2D eigenvalue weighted by Crippen LogP contribution is -2.36. The van der Waals surface area contributed by atoms with E-state index in [0.717, 1.165) is 30.3 Å². The van der Waals surface area contributed by atoms with E-state index in [2.05, 4.69) is 25.8 Å².